The third kappa shape index (κ3) is 8.30. The Labute approximate surface area is 206 Å². The number of hydrogen-bond acceptors (Lipinski definition) is 7. The largest absolute Gasteiger partial charge is 1.00 e. The van der Waals surface area contributed by atoms with Crippen LogP contribution in [0.25, 0.3) is 0 Å². The number of esters is 1. The molecule has 0 spiro atoms. The van der Waals surface area contributed by atoms with E-state index in [2.05, 4.69) is 13.0 Å². The van der Waals surface area contributed by atoms with Crippen LogP contribution < -0.4 is 34.7 Å². The van der Waals surface area contributed by atoms with Crippen LogP contribution in [0.1, 0.15) is 59.3 Å². The van der Waals surface area contributed by atoms with E-state index in [1.165, 1.54) is 0 Å². The minimum atomic E-state index is -1.35. The Balaban J connectivity index is 0.00000480. The number of carboxylic acids is 1. The van der Waals surface area contributed by atoms with Gasteiger partial charge in [0.2, 0.25) is 0 Å². The Bertz CT molecular complexity index is 662. The van der Waals surface area contributed by atoms with Crippen molar-refractivity contribution in [3.63, 3.8) is 0 Å². The fraction of sp³-hybridized carbons (Fsp3) is 0.739. The van der Waals surface area contributed by atoms with Gasteiger partial charge in [0.1, 0.15) is 6.10 Å². The standard InChI is InChI=1S/C23H36O7.Na/c1-4-13(2)23(29)30-20-11-17(25)9-15-6-5-14(3)19(22(15)20)8-7-16(24)10-18(26)12-21(27)28;/h5-6,9,13-14,16-20,22,24-26H,4,7-8,10-12H2,1-3H3,(H,27,28);/q;+1/p-1/t13-,14-,16+,17+,18+,19-,20-,22-;/m1./s1. The molecule has 31 heavy (non-hydrogen) atoms. The predicted octanol–water partition coefficient (Wildman–Crippen LogP) is -1.89. The first-order valence-corrected chi connectivity index (χ1v) is 11.0. The molecule has 0 saturated heterocycles. The molecule has 0 amide bonds. The van der Waals surface area contributed by atoms with Gasteiger partial charge in [-0.15, -0.1) is 0 Å². The van der Waals surface area contributed by atoms with Gasteiger partial charge in [-0.2, -0.15) is 0 Å². The Morgan fingerprint density at radius 2 is 1.97 bits per heavy atom. The summed E-state index contributed by atoms with van der Waals surface area (Å²) in [5.41, 5.74) is 0.949. The topological polar surface area (TPSA) is 127 Å². The molecule has 0 radical (unpaired) electrons. The van der Waals surface area contributed by atoms with Crippen LogP contribution in [0, 0.1) is 23.7 Å². The second kappa shape index (κ2) is 13.1. The molecule has 2 aliphatic rings. The molecule has 0 fully saturated rings. The minimum Gasteiger partial charge on any atom is -0.550 e. The molecule has 0 aromatic heterocycles. The number of carbonyl (C=O) groups is 2. The molecule has 0 saturated carbocycles. The van der Waals surface area contributed by atoms with Crippen LogP contribution in [0.15, 0.2) is 23.8 Å². The molecule has 8 heteroatoms. The number of hydrogen-bond donors (Lipinski definition) is 3. The van der Waals surface area contributed by atoms with Gasteiger partial charge in [-0.25, -0.2) is 0 Å². The van der Waals surface area contributed by atoms with Crippen molar-refractivity contribution in [3.05, 3.63) is 23.8 Å². The van der Waals surface area contributed by atoms with Crippen LogP contribution in [0.3, 0.4) is 0 Å². The number of aliphatic hydroxyl groups excluding tert-OH is 3. The number of rotatable bonds is 10. The van der Waals surface area contributed by atoms with E-state index >= 15 is 0 Å². The van der Waals surface area contributed by atoms with Crippen LogP contribution in [-0.2, 0) is 14.3 Å². The fourth-order valence-corrected chi connectivity index (χ4v) is 4.51. The third-order valence-corrected chi connectivity index (χ3v) is 6.43. The van der Waals surface area contributed by atoms with Gasteiger partial charge < -0.3 is 30.0 Å². The van der Waals surface area contributed by atoms with Gasteiger partial charge >= 0.3 is 35.5 Å². The van der Waals surface area contributed by atoms with Crippen LogP contribution in [0.2, 0.25) is 0 Å². The first-order valence-electron chi connectivity index (χ1n) is 11.0. The van der Waals surface area contributed by atoms with Gasteiger partial charge in [-0.05, 0) is 43.1 Å². The van der Waals surface area contributed by atoms with Crippen LogP contribution >= 0.6 is 0 Å². The second-order valence-corrected chi connectivity index (χ2v) is 8.86. The maximum atomic E-state index is 12.4. The number of aliphatic hydroxyl groups is 3. The zero-order valence-electron chi connectivity index (χ0n) is 19.1. The Hall–Kier alpha value is -0.700. The first kappa shape index (κ1) is 28.3. The van der Waals surface area contributed by atoms with E-state index in [0.29, 0.717) is 25.7 Å². The summed E-state index contributed by atoms with van der Waals surface area (Å²) in [5.74, 6) is -1.60. The summed E-state index contributed by atoms with van der Waals surface area (Å²) in [5, 5.41) is 40.8. The van der Waals surface area contributed by atoms with Crippen molar-refractivity contribution in [3.8, 4) is 0 Å². The number of ether oxygens (including phenoxy) is 1. The monoisotopic (exact) mass is 446 g/mol. The van der Waals surface area contributed by atoms with Crippen molar-refractivity contribution in [1.82, 2.24) is 0 Å². The Kier molecular flexibility index (Phi) is 12.0. The molecule has 2 rings (SSSR count). The average Bonchev–Trinajstić information content (AvgIpc) is 2.65. The first-order chi connectivity index (χ1) is 14.1. The molecule has 0 aromatic carbocycles. The Morgan fingerprint density at radius 3 is 2.58 bits per heavy atom. The Morgan fingerprint density at radius 1 is 1.29 bits per heavy atom. The summed E-state index contributed by atoms with van der Waals surface area (Å²) in [7, 11) is 0. The maximum Gasteiger partial charge on any atom is 1.00 e. The molecule has 0 heterocycles. The summed E-state index contributed by atoms with van der Waals surface area (Å²) in [6.45, 7) is 5.83. The van der Waals surface area contributed by atoms with Crippen molar-refractivity contribution in [1.29, 1.82) is 0 Å². The van der Waals surface area contributed by atoms with E-state index in [9.17, 15) is 30.0 Å². The molecule has 7 nitrogen and oxygen atoms in total. The van der Waals surface area contributed by atoms with Crippen molar-refractivity contribution >= 4 is 11.9 Å². The second-order valence-electron chi connectivity index (χ2n) is 8.86. The summed E-state index contributed by atoms with van der Waals surface area (Å²) >= 11 is 0. The number of allylic oxidation sites excluding steroid dienone is 2. The van der Waals surface area contributed by atoms with Gasteiger partial charge in [-0.3, -0.25) is 4.79 Å². The smallest absolute Gasteiger partial charge is 0.550 e. The van der Waals surface area contributed by atoms with Crippen molar-refractivity contribution in [2.24, 2.45) is 23.7 Å². The van der Waals surface area contributed by atoms with Crippen molar-refractivity contribution in [2.75, 3.05) is 0 Å². The van der Waals surface area contributed by atoms with Gasteiger partial charge in [-0.1, -0.05) is 39.0 Å². The normalized spacial score (nSPS) is 30.3. The fourth-order valence-electron chi connectivity index (χ4n) is 4.51. The minimum absolute atomic E-state index is 0. The average molecular weight is 447 g/mol. The van der Waals surface area contributed by atoms with E-state index in [4.69, 9.17) is 4.74 Å². The molecule has 3 N–H and O–H groups in total. The van der Waals surface area contributed by atoms with Gasteiger partial charge in [0.05, 0.1) is 24.2 Å². The van der Waals surface area contributed by atoms with E-state index in [-0.39, 0.29) is 65.6 Å². The summed E-state index contributed by atoms with van der Waals surface area (Å²) in [6.07, 6.45) is 4.31. The number of fused-ring (bicyclic) bond motifs is 1. The number of carboxylic acid groups (broad SMARTS) is 1. The van der Waals surface area contributed by atoms with Crippen LogP contribution in [0.4, 0.5) is 0 Å². The molecule has 8 atom stereocenters. The SMILES string of the molecule is CC[C@@H](C)C(=O)O[C@@H]1C[C@@H](O)C=C2C=C[C@@H](C)[C@@H](CC[C@H](O)C[C@H](O)CC(=O)[O-])[C@@H]21.[Na+]. The van der Waals surface area contributed by atoms with E-state index < -0.39 is 36.8 Å². The quantitative estimate of drug-likeness (QED) is 0.265. The molecule has 0 aromatic rings. The molecule has 170 valence electrons. The third-order valence-electron chi connectivity index (χ3n) is 6.43. The summed E-state index contributed by atoms with van der Waals surface area (Å²) in [6, 6.07) is 0. The van der Waals surface area contributed by atoms with Crippen molar-refractivity contribution in [2.45, 2.75) is 83.7 Å². The van der Waals surface area contributed by atoms with Gasteiger partial charge in [0, 0.05) is 24.7 Å². The number of aliphatic carboxylic acids is 1. The van der Waals surface area contributed by atoms with Crippen molar-refractivity contribution < 1.29 is 64.3 Å². The molecule has 0 unspecified atom stereocenters. The molecule has 2 aliphatic carbocycles. The number of carbonyl (C=O) groups excluding carboxylic acids is 2. The van der Waals surface area contributed by atoms with Gasteiger partial charge in [0.15, 0.2) is 0 Å². The summed E-state index contributed by atoms with van der Waals surface area (Å²) in [4.78, 5) is 23.0. The zero-order chi connectivity index (χ0) is 22.4. The predicted molar refractivity (Wildman–Crippen MR) is 109 cm³/mol. The van der Waals surface area contributed by atoms with E-state index in [0.717, 1.165) is 5.57 Å². The van der Waals surface area contributed by atoms with Crippen LogP contribution in [0.5, 0.6) is 0 Å². The van der Waals surface area contributed by atoms with Gasteiger partial charge in [0.25, 0.3) is 0 Å². The molecule has 0 bridgehead atoms. The zero-order valence-corrected chi connectivity index (χ0v) is 21.1. The van der Waals surface area contributed by atoms with E-state index in [1.54, 1.807) is 0 Å². The summed E-state index contributed by atoms with van der Waals surface area (Å²) < 4.78 is 5.83. The molecule has 0 aliphatic heterocycles. The molecular formula is C23H35NaO7. The van der Waals surface area contributed by atoms with E-state index in [1.807, 2.05) is 26.0 Å². The van der Waals surface area contributed by atoms with Crippen LogP contribution in [-0.4, -0.2) is 51.7 Å². The molecular weight excluding hydrogens is 411 g/mol. The maximum absolute atomic E-state index is 12.4.